The lowest BCUT2D eigenvalue weighted by atomic mass is 10.1. The first-order valence-corrected chi connectivity index (χ1v) is 11.6. The number of amides is 2. The van der Waals surface area contributed by atoms with E-state index in [1.807, 2.05) is 77.7 Å². The van der Waals surface area contributed by atoms with Crippen molar-refractivity contribution >= 4 is 17.6 Å². The molecule has 0 bridgehead atoms. The Hall–Kier alpha value is -4.00. The van der Waals surface area contributed by atoms with Gasteiger partial charge in [0.2, 0.25) is 0 Å². The van der Waals surface area contributed by atoms with Gasteiger partial charge in [0, 0.05) is 38.8 Å². The average molecular weight is 457 g/mol. The SMILES string of the molecule is COc1ccc2c(c1)Oc1ccccc1N=C2N1CCCN(C(=O)NCc2ccccc2)CC1. The second-order valence-corrected chi connectivity index (χ2v) is 8.34. The van der Waals surface area contributed by atoms with Crippen LogP contribution in [-0.4, -0.2) is 55.0 Å². The summed E-state index contributed by atoms with van der Waals surface area (Å²) in [6, 6.07) is 23.5. The number of urea groups is 1. The van der Waals surface area contributed by atoms with E-state index in [-0.39, 0.29) is 6.03 Å². The molecule has 1 fully saturated rings. The fourth-order valence-corrected chi connectivity index (χ4v) is 4.29. The minimum atomic E-state index is -0.0349. The van der Waals surface area contributed by atoms with Gasteiger partial charge < -0.3 is 24.6 Å². The molecule has 7 nitrogen and oxygen atoms in total. The Balaban J connectivity index is 1.35. The van der Waals surface area contributed by atoms with Crippen molar-refractivity contribution in [2.24, 2.45) is 4.99 Å². The summed E-state index contributed by atoms with van der Waals surface area (Å²) in [4.78, 5) is 22.0. The molecule has 3 aromatic carbocycles. The van der Waals surface area contributed by atoms with Crippen LogP contribution >= 0.6 is 0 Å². The summed E-state index contributed by atoms with van der Waals surface area (Å²) in [5, 5.41) is 3.05. The lowest BCUT2D eigenvalue weighted by Gasteiger charge is -2.25. The van der Waals surface area contributed by atoms with Crippen molar-refractivity contribution in [1.82, 2.24) is 15.1 Å². The molecule has 0 atom stereocenters. The van der Waals surface area contributed by atoms with Crippen LogP contribution in [0.1, 0.15) is 17.5 Å². The van der Waals surface area contributed by atoms with E-state index in [4.69, 9.17) is 14.5 Å². The number of para-hydroxylation sites is 2. The van der Waals surface area contributed by atoms with Gasteiger partial charge >= 0.3 is 6.03 Å². The first-order valence-electron chi connectivity index (χ1n) is 11.6. The molecule has 1 N–H and O–H groups in total. The van der Waals surface area contributed by atoms with Gasteiger partial charge in [0.15, 0.2) is 5.75 Å². The van der Waals surface area contributed by atoms with Crippen LogP contribution in [-0.2, 0) is 6.54 Å². The zero-order valence-corrected chi connectivity index (χ0v) is 19.2. The zero-order chi connectivity index (χ0) is 23.3. The van der Waals surface area contributed by atoms with Gasteiger partial charge in [0.1, 0.15) is 23.0 Å². The van der Waals surface area contributed by atoms with Gasteiger partial charge in [-0.05, 0) is 36.2 Å². The van der Waals surface area contributed by atoms with E-state index < -0.39 is 0 Å². The van der Waals surface area contributed by atoms with E-state index >= 15 is 0 Å². The number of nitrogens with zero attached hydrogens (tertiary/aromatic N) is 3. The molecular weight excluding hydrogens is 428 g/mol. The predicted octanol–water partition coefficient (Wildman–Crippen LogP) is 4.80. The van der Waals surface area contributed by atoms with E-state index in [1.54, 1.807) is 7.11 Å². The minimum absolute atomic E-state index is 0.0349. The topological polar surface area (TPSA) is 66.4 Å². The van der Waals surface area contributed by atoms with E-state index in [1.165, 1.54) is 0 Å². The molecule has 0 saturated carbocycles. The van der Waals surface area contributed by atoms with Crippen LogP contribution in [0.2, 0.25) is 0 Å². The quantitative estimate of drug-likeness (QED) is 0.615. The second kappa shape index (κ2) is 9.87. The first-order chi connectivity index (χ1) is 16.7. The molecule has 2 heterocycles. The van der Waals surface area contributed by atoms with E-state index in [0.717, 1.165) is 41.4 Å². The van der Waals surface area contributed by atoms with Gasteiger partial charge in [-0.2, -0.15) is 0 Å². The summed E-state index contributed by atoms with van der Waals surface area (Å²) in [6.45, 7) is 3.33. The summed E-state index contributed by atoms with van der Waals surface area (Å²) >= 11 is 0. The summed E-state index contributed by atoms with van der Waals surface area (Å²) in [5.41, 5.74) is 2.79. The maximum atomic E-state index is 12.8. The largest absolute Gasteiger partial charge is 0.497 e. The van der Waals surface area contributed by atoms with Crippen LogP contribution < -0.4 is 14.8 Å². The number of carbonyl (C=O) groups excluding carboxylic acids is 1. The first kappa shape index (κ1) is 21.8. The van der Waals surface area contributed by atoms with Crippen molar-refractivity contribution in [2.75, 3.05) is 33.3 Å². The molecule has 2 aliphatic rings. The monoisotopic (exact) mass is 456 g/mol. The predicted molar refractivity (Wildman–Crippen MR) is 132 cm³/mol. The number of hydrogen-bond acceptors (Lipinski definition) is 5. The van der Waals surface area contributed by atoms with Crippen LogP contribution in [0.15, 0.2) is 77.8 Å². The van der Waals surface area contributed by atoms with E-state index in [2.05, 4.69) is 10.2 Å². The number of amidine groups is 1. The molecule has 2 amide bonds. The van der Waals surface area contributed by atoms with Crippen LogP contribution in [0.5, 0.6) is 17.2 Å². The molecule has 34 heavy (non-hydrogen) atoms. The van der Waals surface area contributed by atoms with Gasteiger partial charge in [0.25, 0.3) is 0 Å². The lowest BCUT2D eigenvalue weighted by Crippen LogP contribution is -2.42. The number of rotatable bonds is 3. The third-order valence-electron chi connectivity index (χ3n) is 6.11. The van der Waals surface area contributed by atoms with Gasteiger partial charge in [-0.1, -0.05) is 42.5 Å². The molecule has 3 aromatic rings. The van der Waals surface area contributed by atoms with Crippen molar-refractivity contribution in [1.29, 1.82) is 0 Å². The molecule has 7 heteroatoms. The summed E-state index contributed by atoms with van der Waals surface area (Å²) in [7, 11) is 1.65. The summed E-state index contributed by atoms with van der Waals surface area (Å²) in [6.07, 6.45) is 0.853. The van der Waals surface area contributed by atoms with E-state index in [0.29, 0.717) is 37.7 Å². The number of nitrogens with one attached hydrogen (secondary N) is 1. The molecule has 0 aliphatic carbocycles. The highest BCUT2D eigenvalue weighted by Gasteiger charge is 2.26. The van der Waals surface area contributed by atoms with Crippen molar-refractivity contribution < 1.29 is 14.3 Å². The van der Waals surface area contributed by atoms with Crippen LogP contribution in [0.4, 0.5) is 10.5 Å². The number of benzene rings is 3. The molecule has 2 aliphatic heterocycles. The molecule has 1 saturated heterocycles. The Morgan fingerprint density at radius 2 is 1.79 bits per heavy atom. The zero-order valence-electron chi connectivity index (χ0n) is 19.2. The molecule has 174 valence electrons. The van der Waals surface area contributed by atoms with Gasteiger partial charge in [-0.15, -0.1) is 0 Å². The van der Waals surface area contributed by atoms with E-state index in [9.17, 15) is 4.79 Å². The minimum Gasteiger partial charge on any atom is -0.497 e. The number of fused-ring (bicyclic) bond motifs is 2. The number of aliphatic imine (C=N–C) groups is 1. The Labute approximate surface area is 199 Å². The second-order valence-electron chi connectivity index (χ2n) is 8.34. The van der Waals surface area contributed by atoms with Gasteiger partial charge in [-0.3, -0.25) is 0 Å². The molecule has 0 radical (unpaired) electrons. The highest BCUT2D eigenvalue weighted by molar-refractivity contribution is 6.04. The molecule has 5 rings (SSSR count). The van der Waals surface area contributed by atoms with Crippen LogP contribution in [0, 0.1) is 0 Å². The smallest absolute Gasteiger partial charge is 0.317 e. The van der Waals surface area contributed by atoms with Crippen molar-refractivity contribution in [3.8, 4) is 17.2 Å². The molecule has 0 spiro atoms. The highest BCUT2D eigenvalue weighted by atomic mass is 16.5. The van der Waals surface area contributed by atoms with Crippen LogP contribution in [0.3, 0.4) is 0 Å². The Kier molecular flexibility index (Phi) is 6.33. The van der Waals surface area contributed by atoms with Crippen molar-refractivity contribution in [3.63, 3.8) is 0 Å². The Morgan fingerprint density at radius 3 is 2.65 bits per heavy atom. The van der Waals surface area contributed by atoms with Crippen molar-refractivity contribution in [2.45, 2.75) is 13.0 Å². The third-order valence-corrected chi connectivity index (χ3v) is 6.11. The maximum absolute atomic E-state index is 12.8. The van der Waals surface area contributed by atoms with Gasteiger partial charge in [-0.25, -0.2) is 9.79 Å². The Bertz CT molecular complexity index is 1200. The third kappa shape index (κ3) is 4.69. The standard InChI is InChI=1S/C27H28N4O3/c1-33-21-12-13-22-25(18-21)34-24-11-6-5-10-23(24)29-26(22)30-14-7-15-31(17-16-30)27(32)28-19-20-8-3-2-4-9-20/h2-6,8-13,18H,7,14-17,19H2,1H3,(H,28,32). The van der Waals surface area contributed by atoms with Crippen LogP contribution in [0.25, 0.3) is 0 Å². The maximum Gasteiger partial charge on any atom is 0.317 e. The molecular formula is C27H28N4O3. The highest BCUT2D eigenvalue weighted by Crippen LogP contribution is 2.39. The summed E-state index contributed by atoms with van der Waals surface area (Å²) < 4.78 is 11.7. The number of ether oxygens (including phenoxy) is 2. The molecule has 0 unspecified atom stereocenters. The van der Waals surface area contributed by atoms with Crippen molar-refractivity contribution in [3.05, 3.63) is 83.9 Å². The number of methoxy groups -OCH3 is 1. The number of carbonyl (C=O) groups is 1. The van der Waals surface area contributed by atoms with Gasteiger partial charge in [0.05, 0.1) is 12.7 Å². The number of hydrogen-bond donors (Lipinski definition) is 1. The fraction of sp³-hybridized carbons (Fsp3) is 0.259. The molecule has 0 aromatic heterocycles. The normalized spacial score (nSPS) is 15.1. The lowest BCUT2D eigenvalue weighted by molar-refractivity contribution is 0.200. The average Bonchev–Trinajstić information content (AvgIpc) is 3.22. The Morgan fingerprint density at radius 1 is 0.971 bits per heavy atom. The fourth-order valence-electron chi connectivity index (χ4n) is 4.29. The summed E-state index contributed by atoms with van der Waals surface area (Å²) in [5.74, 6) is 3.01.